The predicted molar refractivity (Wildman–Crippen MR) is 56.6 cm³/mol. The number of rotatable bonds is 1. The molecule has 3 nitrogen and oxygen atoms in total. The van der Waals surface area contributed by atoms with Crippen LogP contribution < -0.4 is 5.46 Å². The highest BCUT2D eigenvalue weighted by molar-refractivity contribution is 6.59. The standard InChI is InChI=1S/C10H15BO3/c1-10(2,3)7-4-5-9(12)8(6-7)11(13)14/h4-6,12-14H,1-3H3. The zero-order chi connectivity index (χ0) is 10.9. The highest BCUT2D eigenvalue weighted by Gasteiger charge is 2.20. The molecule has 0 aromatic heterocycles. The van der Waals surface area contributed by atoms with Gasteiger partial charge in [-0.1, -0.05) is 32.9 Å². The Morgan fingerprint density at radius 3 is 2.14 bits per heavy atom. The van der Waals surface area contributed by atoms with Gasteiger partial charge >= 0.3 is 7.12 Å². The van der Waals surface area contributed by atoms with E-state index in [1.54, 1.807) is 12.1 Å². The Hall–Kier alpha value is -0.995. The third kappa shape index (κ3) is 2.27. The van der Waals surface area contributed by atoms with Crippen molar-refractivity contribution in [2.24, 2.45) is 0 Å². The van der Waals surface area contributed by atoms with Crippen LogP contribution in [0.3, 0.4) is 0 Å². The molecule has 4 heteroatoms. The second kappa shape index (κ2) is 3.63. The molecule has 0 heterocycles. The van der Waals surface area contributed by atoms with Gasteiger partial charge in [0.25, 0.3) is 0 Å². The molecule has 1 aromatic rings. The zero-order valence-corrected chi connectivity index (χ0v) is 8.65. The monoisotopic (exact) mass is 194 g/mol. The van der Waals surface area contributed by atoms with Crippen molar-refractivity contribution in [3.8, 4) is 5.75 Å². The van der Waals surface area contributed by atoms with Gasteiger partial charge in [-0.15, -0.1) is 0 Å². The molecule has 0 bridgehead atoms. The molecular weight excluding hydrogens is 179 g/mol. The number of hydrogen-bond acceptors (Lipinski definition) is 3. The highest BCUT2D eigenvalue weighted by Crippen LogP contribution is 2.22. The van der Waals surface area contributed by atoms with E-state index in [0.29, 0.717) is 0 Å². The van der Waals surface area contributed by atoms with Crippen LogP contribution in [0.4, 0.5) is 0 Å². The molecule has 0 fully saturated rings. The van der Waals surface area contributed by atoms with Gasteiger partial charge in [-0.2, -0.15) is 0 Å². The first kappa shape index (κ1) is 11.1. The summed E-state index contributed by atoms with van der Waals surface area (Å²) in [5.74, 6) is -0.0898. The molecule has 0 spiro atoms. The summed E-state index contributed by atoms with van der Waals surface area (Å²) >= 11 is 0. The molecule has 0 saturated heterocycles. The van der Waals surface area contributed by atoms with Crippen LogP contribution in [-0.2, 0) is 5.41 Å². The lowest BCUT2D eigenvalue weighted by atomic mass is 9.75. The van der Waals surface area contributed by atoms with Gasteiger partial charge in [0.15, 0.2) is 0 Å². The fraction of sp³-hybridized carbons (Fsp3) is 0.400. The van der Waals surface area contributed by atoms with Gasteiger partial charge in [0.1, 0.15) is 5.75 Å². The molecule has 0 aliphatic rings. The fourth-order valence-electron chi connectivity index (χ4n) is 1.23. The largest absolute Gasteiger partial charge is 0.508 e. The van der Waals surface area contributed by atoms with Crippen LogP contribution in [0, 0.1) is 0 Å². The van der Waals surface area contributed by atoms with Crippen LogP contribution in [-0.4, -0.2) is 22.3 Å². The minimum absolute atomic E-state index is 0.0721. The van der Waals surface area contributed by atoms with Gasteiger partial charge in [0.2, 0.25) is 0 Å². The van der Waals surface area contributed by atoms with Gasteiger partial charge in [-0.3, -0.25) is 0 Å². The second-order valence-corrected chi connectivity index (χ2v) is 4.40. The number of benzene rings is 1. The fourth-order valence-corrected chi connectivity index (χ4v) is 1.23. The van der Waals surface area contributed by atoms with E-state index in [0.717, 1.165) is 5.56 Å². The van der Waals surface area contributed by atoms with Crippen molar-refractivity contribution in [1.82, 2.24) is 0 Å². The van der Waals surface area contributed by atoms with Crippen molar-refractivity contribution in [3.05, 3.63) is 23.8 Å². The Bertz CT molecular complexity index is 329. The Morgan fingerprint density at radius 2 is 1.71 bits per heavy atom. The Morgan fingerprint density at radius 1 is 1.14 bits per heavy atom. The SMILES string of the molecule is CC(C)(C)c1ccc(O)c(B(O)O)c1. The van der Waals surface area contributed by atoms with Crippen LogP contribution >= 0.6 is 0 Å². The van der Waals surface area contributed by atoms with Gasteiger partial charge in [-0.05, 0) is 17.0 Å². The summed E-state index contributed by atoms with van der Waals surface area (Å²) in [4.78, 5) is 0. The average Bonchev–Trinajstić information content (AvgIpc) is 2.02. The van der Waals surface area contributed by atoms with Crippen molar-refractivity contribution in [3.63, 3.8) is 0 Å². The van der Waals surface area contributed by atoms with E-state index in [1.807, 2.05) is 20.8 Å². The molecule has 0 aliphatic carbocycles. The van der Waals surface area contributed by atoms with Crippen LogP contribution in [0.2, 0.25) is 0 Å². The predicted octanol–water partition coefficient (Wildman–Crippen LogP) is 0.370. The van der Waals surface area contributed by atoms with Crippen molar-refractivity contribution in [2.45, 2.75) is 26.2 Å². The summed E-state index contributed by atoms with van der Waals surface area (Å²) in [6.45, 7) is 6.06. The highest BCUT2D eigenvalue weighted by atomic mass is 16.4. The maximum absolute atomic E-state index is 9.35. The smallest absolute Gasteiger partial charge is 0.492 e. The summed E-state index contributed by atoms with van der Waals surface area (Å²) in [6.07, 6.45) is 0. The van der Waals surface area contributed by atoms with Gasteiger partial charge in [0, 0.05) is 5.46 Å². The normalized spacial score (nSPS) is 11.5. The van der Waals surface area contributed by atoms with Crippen LogP contribution in [0.1, 0.15) is 26.3 Å². The van der Waals surface area contributed by atoms with Crippen molar-refractivity contribution in [2.75, 3.05) is 0 Å². The van der Waals surface area contributed by atoms with E-state index in [9.17, 15) is 5.11 Å². The second-order valence-electron chi connectivity index (χ2n) is 4.40. The van der Waals surface area contributed by atoms with Crippen molar-refractivity contribution >= 4 is 12.6 Å². The van der Waals surface area contributed by atoms with Crippen molar-refractivity contribution < 1.29 is 15.2 Å². The molecule has 14 heavy (non-hydrogen) atoms. The summed E-state index contributed by atoms with van der Waals surface area (Å²) in [7, 11) is -1.63. The quantitative estimate of drug-likeness (QED) is 0.566. The Labute approximate surface area is 84.2 Å². The Kier molecular flexibility index (Phi) is 2.88. The van der Waals surface area contributed by atoms with Gasteiger partial charge < -0.3 is 15.2 Å². The van der Waals surface area contributed by atoms with E-state index >= 15 is 0 Å². The van der Waals surface area contributed by atoms with Gasteiger partial charge in [0.05, 0.1) is 0 Å². The number of hydrogen-bond donors (Lipinski definition) is 3. The van der Waals surface area contributed by atoms with E-state index in [4.69, 9.17) is 10.0 Å². The average molecular weight is 194 g/mol. The maximum atomic E-state index is 9.35. The molecule has 0 radical (unpaired) electrons. The van der Waals surface area contributed by atoms with Crippen LogP contribution in [0.25, 0.3) is 0 Å². The lowest BCUT2D eigenvalue weighted by Crippen LogP contribution is -2.31. The summed E-state index contributed by atoms with van der Waals surface area (Å²) in [5, 5.41) is 27.3. The topological polar surface area (TPSA) is 60.7 Å². The van der Waals surface area contributed by atoms with E-state index in [2.05, 4.69) is 0 Å². The molecule has 0 atom stereocenters. The summed E-state index contributed by atoms with van der Waals surface area (Å²) in [5.41, 5.74) is 1.04. The lowest BCUT2D eigenvalue weighted by Gasteiger charge is -2.20. The first-order valence-electron chi connectivity index (χ1n) is 4.52. The molecule has 3 N–H and O–H groups in total. The van der Waals surface area contributed by atoms with E-state index in [-0.39, 0.29) is 16.6 Å². The van der Waals surface area contributed by atoms with Gasteiger partial charge in [-0.25, -0.2) is 0 Å². The molecule has 0 unspecified atom stereocenters. The maximum Gasteiger partial charge on any atom is 0.492 e. The molecular formula is C10H15BO3. The summed E-state index contributed by atoms with van der Waals surface area (Å²) in [6, 6.07) is 4.87. The minimum atomic E-state index is -1.63. The zero-order valence-electron chi connectivity index (χ0n) is 8.65. The molecule has 0 saturated carbocycles. The number of phenols is 1. The van der Waals surface area contributed by atoms with E-state index in [1.165, 1.54) is 6.07 Å². The van der Waals surface area contributed by atoms with Crippen molar-refractivity contribution in [1.29, 1.82) is 0 Å². The molecule has 76 valence electrons. The number of aromatic hydroxyl groups is 1. The van der Waals surface area contributed by atoms with Crippen LogP contribution in [0.5, 0.6) is 5.75 Å². The minimum Gasteiger partial charge on any atom is -0.508 e. The third-order valence-corrected chi connectivity index (χ3v) is 2.17. The van der Waals surface area contributed by atoms with Crippen LogP contribution in [0.15, 0.2) is 18.2 Å². The van der Waals surface area contributed by atoms with E-state index < -0.39 is 7.12 Å². The molecule has 0 aliphatic heterocycles. The first-order chi connectivity index (χ1) is 6.32. The first-order valence-corrected chi connectivity index (χ1v) is 4.52. The molecule has 1 rings (SSSR count). The Balaban J connectivity index is 3.20. The lowest BCUT2D eigenvalue weighted by molar-refractivity contribution is 0.419. The number of phenolic OH excluding ortho intramolecular Hbond substituents is 1. The summed E-state index contributed by atoms with van der Waals surface area (Å²) < 4.78 is 0. The molecule has 1 aromatic carbocycles. The molecule has 0 amide bonds. The third-order valence-electron chi connectivity index (χ3n) is 2.17.